The van der Waals surface area contributed by atoms with Crippen molar-refractivity contribution in [2.45, 2.75) is 19.7 Å². The number of benzene rings is 1. The van der Waals surface area contributed by atoms with Crippen LogP contribution in [0.25, 0.3) is 0 Å². The van der Waals surface area contributed by atoms with Crippen molar-refractivity contribution in [3.8, 4) is 17.5 Å². The number of ether oxygens (including phenoxy) is 2. The molecule has 1 heterocycles. The molecule has 4 nitrogen and oxygen atoms in total. The summed E-state index contributed by atoms with van der Waals surface area (Å²) in [5.41, 5.74) is 1.57. The molecule has 0 N–H and O–H groups in total. The zero-order chi connectivity index (χ0) is 13.7. The average molecular weight is 279 g/mol. The summed E-state index contributed by atoms with van der Waals surface area (Å²) in [6, 6.07) is 9.46. The smallest absolute Gasteiger partial charge is 0.322 e. The fourth-order valence-electron chi connectivity index (χ4n) is 1.59. The Balaban J connectivity index is 2.14. The minimum Gasteiger partial charge on any atom is -0.494 e. The van der Waals surface area contributed by atoms with E-state index in [4.69, 9.17) is 21.1 Å². The molecular formula is C14H15ClN2O2. The molecule has 0 unspecified atom stereocenters. The first-order chi connectivity index (χ1) is 9.21. The Morgan fingerprint density at radius 3 is 2.42 bits per heavy atom. The third kappa shape index (κ3) is 3.83. The molecule has 0 spiro atoms. The Morgan fingerprint density at radius 2 is 1.79 bits per heavy atom. The van der Waals surface area contributed by atoms with Crippen molar-refractivity contribution >= 4 is 11.6 Å². The van der Waals surface area contributed by atoms with E-state index in [1.807, 2.05) is 44.2 Å². The van der Waals surface area contributed by atoms with Gasteiger partial charge < -0.3 is 9.47 Å². The summed E-state index contributed by atoms with van der Waals surface area (Å²) in [7, 11) is 0. The molecule has 1 aromatic heterocycles. The molecule has 100 valence electrons. The first kappa shape index (κ1) is 13.6. The fraction of sp³-hybridized carbons (Fsp3) is 0.286. The molecule has 0 aliphatic heterocycles. The molecule has 1 aromatic carbocycles. The zero-order valence-electron chi connectivity index (χ0n) is 10.9. The normalized spacial score (nSPS) is 10.3. The lowest BCUT2D eigenvalue weighted by Crippen LogP contribution is -1.97. The van der Waals surface area contributed by atoms with Gasteiger partial charge in [0.05, 0.1) is 18.2 Å². The van der Waals surface area contributed by atoms with Gasteiger partial charge in [0.1, 0.15) is 11.5 Å². The Morgan fingerprint density at radius 1 is 1.11 bits per heavy atom. The monoisotopic (exact) mass is 278 g/mol. The second kappa shape index (κ2) is 6.38. The van der Waals surface area contributed by atoms with Gasteiger partial charge in [-0.3, -0.25) is 0 Å². The highest BCUT2D eigenvalue weighted by atomic mass is 35.5. The van der Waals surface area contributed by atoms with E-state index in [2.05, 4.69) is 9.97 Å². The van der Waals surface area contributed by atoms with Crippen LogP contribution in [-0.4, -0.2) is 16.6 Å². The SMILES string of the molecule is CCOc1ccc(Oc2nc(C)cc(CCl)n2)cc1. The topological polar surface area (TPSA) is 44.2 Å². The van der Waals surface area contributed by atoms with Gasteiger partial charge in [0.15, 0.2) is 0 Å². The summed E-state index contributed by atoms with van der Waals surface area (Å²) in [5, 5.41) is 0. The second-order valence-electron chi connectivity index (χ2n) is 3.92. The van der Waals surface area contributed by atoms with Crippen LogP contribution in [0.3, 0.4) is 0 Å². The molecule has 2 rings (SSSR count). The molecule has 0 amide bonds. The van der Waals surface area contributed by atoms with Crippen molar-refractivity contribution < 1.29 is 9.47 Å². The summed E-state index contributed by atoms with van der Waals surface area (Å²) in [6.07, 6.45) is 0. The van der Waals surface area contributed by atoms with Gasteiger partial charge in [0.2, 0.25) is 0 Å². The highest BCUT2D eigenvalue weighted by molar-refractivity contribution is 6.16. The number of halogens is 1. The molecule has 5 heteroatoms. The molecule has 0 bridgehead atoms. The first-order valence-electron chi connectivity index (χ1n) is 6.02. The minimum absolute atomic E-state index is 0.305. The van der Waals surface area contributed by atoms with Gasteiger partial charge in [-0.15, -0.1) is 11.6 Å². The molecule has 19 heavy (non-hydrogen) atoms. The number of nitrogens with zero attached hydrogens (tertiary/aromatic N) is 2. The zero-order valence-corrected chi connectivity index (χ0v) is 11.6. The number of aromatic nitrogens is 2. The molecule has 0 aliphatic rings. The van der Waals surface area contributed by atoms with E-state index >= 15 is 0 Å². The van der Waals surface area contributed by atoms with Gasteiger partial charge in [0, 0.05) is 5.69 Å². The van der Waals surface area contributed by atoms with E-state index in [9.17, 15) is 0 Å². The Bertz CT molecular complexity index is 544. The molecule has 0 radical (unpaired) electrons. The summed E-state index contributed by atoms with van der Waals surface area (Å²) < 4.78 is 11.0. The standard InChI is InChI=1S/C14H15ClN2O2/c1-3-18-12-4-6-13(7-5-12)19-14-16-10(2)8-11(9-15)17-14/h4-8H,3,9H2,1-2H3. The minimum atomic E-state index is 0.305. The summed E-state index contributed by atoms with van der Waals surface area (Å²) in [5.74, 6) is 1.80. The van der Waals surface area contributed by atoms with E-state index in [0.29, 0.717) is 24.2 Å². The largest absolute Gasteiger partial charge is 0.494 e. The molecular weight excluding hydrogens is 264 g/mol. The van der Waals surface area contributed by atoms with Crippen LogP contribution in [-0.2, 0) is 5.88 Å². The van der Waals surface area contributed by atoms with E-state index in [-0.39, 0.29) is 0 Å². The lowest BCUT2D eigenvalue weighted by atomic mass is 10.3. The summed E-state index contributed by atoms with van der Waals surface area (Å²) in [6.45, 7) is 4.46. The highest BCUT2D eigenvalue weighted by Crippen LogP contribution is 2.22. The van der Waals surface area contributed by atoms with Gasteiger partial charge in [-0.05, 0) is 44.2 Å². The molecule has 0 saturated heterocycles. The van der Waals surface area contributed by atoms with Crippen LogP contribution in [0.15, 0.2) is 30.3 Å². The first-order valence-corrected chi connectivity index (χ1v) is 6.56. The second-order valence-corrected chi connectivity index (χ2v) is 4.19. The highest BCUT2D eigenvalue weighted by Gasteiger charge is 2.04. The predicted octanol–water partition coefficient (Wildman–Crippen LogP) is 3.71. The molecule has 0 saturated carbocycles. The lowest BCUT2D eigenvalue weighted by molar-refractivity contribution is 0.339. The van der Waals surface area contributed by atoms with Gasteiger partial charge in [-0.25, -0.2) is 4.98 Å². The van der Waals surface area contributed by atoms with Crippen LogP contribution < -0.4 is 9.47 Å². The molecule has 2 aromatic rings. The maximum atomic E-state index is 5.77. The van der Waals surface area contributed by atoms with Crippen LogP contribution in [0, 0.1) is 6.92 Å². The Labute approximate surface area is 117 Å². The number of rotatable bonds is 5. The van der Waals surface area contributed by atoms with Crippen molar-refractivity contribution in [1.29, 1.82) is 0 Å². The van der Waals surface area contributed by atoms with E-state index < -0.39 is 0 Å². The number of hydrogen-bond donors (Lipinski definition) is 0. The van der Waals surface area contributed by atoms with Crippen molar-refractivity contribution in [3.05, 3.63) is 41.7 Å². The van der Waals surface area contributed by atoms with Gasteiger partial charge in [0.25, 0.3) is 0 Å². The predicted molar refractivity (Wildman–Crippen MR) is 74.0 cm³/mol. The van der Waals surface area contributed by atoms with Crippen molar-refractivity contribution in [3.63, 3.8) is 0 Å². The van der Waals surface area contributed by atoms with Crippen LogP contribution in [0.2, 0.25) is 0 Å². The van der Waals surface area contributed by atoms with Crippen LogP contribution in [0.1, 0.15) is 18.3 Å². The summed E-state index contributed by atoms with van der Waals surface area (Å²) in [4.78, 5) is 8.42. The number of alkyl halides is 1. The summed E-state index contributed by atoms with van der Waals surface area (Å²) >= 11 is 5.77. The van der Waals surface area contributed by atoms with Gasteiger partial charge >= 0.3 is 6.01 Å². The fourth-order valence-corrected chi connectivity index (χ4v) is 1.73. The third-order valence-electron chi connectivity index (χ3n) is 2.37. The average Bonchev–Trinajstić information content (AvgIpc) is 2.40. The van der Waals surface area contributed by atoms with E-state index in [1.165, 1.54) is 0 Å². The maximum absolute atomic E-state index is 5.77. The Hall–Kier alpha value is -1.81. The number of aryl methyl sites for hydroxylation is 1. The van der Waals surface area contributed by atoms with Crippen molar-refractivity contribution in [1.82, 2.24) is 9.97 Å². The van der Waals surface area contributed by atoms with Crippen molar-refractivity contribution in [2.24, 2.45) is 0 Å². The quantitative estimate of drug-likeness (QED) is 0.782. The van der Waals surface area contributed by atoms with Crippen molar-refractivity contribution in [2.75, 3.05) is 6.61 Å². The Kier molecular flexibility index (Phi) is 4.58. The van der Waals surface area contributed by atoms with E-state index in [0.717, 1.165) is 17.1 Å². The molecule has 0 aliphatic carbocycles. The van der Waals surface area contributed by atoms with Gasteiger partial charge in [-0.2, -0.15) is 4.98 Å². The van der Waals surface area contributed by atoms with Crippen LogP contribution in [0.4, 0.5) is 0 Å². The van der Waals surface area contributed by atoms with Crippen LogP contribution in [0.5, 0.6) is 17.5 Å². The van der Waals surface area contributed by atoms with Crippen LogP contribution >= 0.6 is 11.6 Å². The van der Waals surface area contributed by atoms with Gasteiger partial charge in [-0.1, -0.05) is 0 Å². The third-order valence-corrected chi connectivity index (χ3v) is 2.64. The maximum Gasteiger partial charge on any atom is 0.322 e. The number of hydrogen-bond acceptors (Lipinski definition) is 4. The molecule has 0 fully saturated rings. The lowest BCUT2D eigenvalue weighted by Gasteiger charge is -2.07. The van der Waals surface area contributed by atoms with E-state index in [1.54, 1.807) is 0 Å². The molecule has 0 atom stereocenters.